The Morgan fingerprint density at radius 2 is 1.81 bits per heavy atom. The van der Waals surface area contributed by atoms with E-state index in [2.05, 4.69) is 64.7 Å². The topological polar surface area (TPSA) is 49.9 Å². The van der Waals surface area contributed by atoms with Crippen molar-refractivity contribution >= 4 is 16.6 Å². The number of hydrogen-bond donors (Lipinski definition) is 2. The molecule has 0 saturated heterocycles. The smallest absolute Gasteiger partial charge is 0.120 e. The van der Waals surface area contributed by atoms with Gasteiger partial charge in [0.15, 0.2) is 0 Å². The summed E-state index contributed by atoms with van der Waals surface area (Å²) in [6.45, 7) is 2.12. The van der Waals surface area contributed by atoms with Crippen molar-refractivity contribution in [3.05, 3.63) is 89.9 Å². The zero-order valence-electron chi connectivity index (χ0n) is 14.9. The van der Waals surface area contributed by atoms with E-state index in [0.29, 0.717) is 0 Å². The zero-order valence-corrected chi connectivity index (χ0v) is 14.9. The minimum Gasteiger partial charge on any atom is -0.497 e. The summed E-state index contributed by atoms with van der Waals surface area (Å²) in [7, 11) is 1.68. The largest absolute Gasteiger partial charge is 0.497 e. The number of methoxy groups -OCH3 is 1. The van der Waals surface area contributed by atoms with Crippen LogP contribution in [0.3, 0.4) is 0 Å². The van der Waals surface area contributed by atoms with E-state index in [1.165, 1.54) is 10.9 Å². The van der Waals surface area contributed by atoms with Crippen LogP contribution in [0.15, 0.2) is 73.1 Å². The van der Waals surface area contributed by atoms with Crippen LogP contribution in [0.2, 0.25) is 0 Å². The number of aryl methyl sites for hydroxylation is 1. The molecule has 130 valence electrons. The summed E-state index contributed by atoms with van der Waals surface area (Å²) in [6.07, 6.45) is 3.67. The Labute approximate surface area is 152 Å². The van der Waals surface area contributed by atoms with Crippen LogP contribution >= 0.6 is 0 Å². The molecule has 2 N–H and O–H groups in total. The predicted octanol–water partition coefficient (Wildman–Crippen LogP) is 5.08. The summed E-state index contributed by atoms with van der Waals surface area (Å²) in [6, 6.07) is 20.5. The Morgan fingerprint density at radius 3 is 2.62 bits per heavy atom. The summed E-state index contributed by atoms with van der Waals surface area (Å²) >= 11 is 0. The number of fused-ring (bicyclic) bond motifs is 1. The number of nitrogens with zero attached hydrogens (tertiary/aromatic N) is 1. The highest BCUT2D eigenvalue weighted by Gasteiger charge is 2.21. The van der Waals surface area contributed by atoms with Crippen LogP contribution in [0.5, 0.6) is 5.75 Å². The van der Waals surface area contributed by atoms with Crippen LogP contribution in [-0.4, -0.2) is 17.1 Å². The average molecular weight is 343 g/mol. The molecule has 0 unspecified atom stereocenters. The van der Waals surface area contributed by atoms with Crippen molar-refractivity contribution in [1.82, 2.24) is 9.97 Å². The molecular formula is C22H21N3O. The molecule has 0 radical (unpaired) electrons. The van der Waals surface area contributed by atoms with Crippen molar-refractivity contribution < 1.29 is 4.74 Å². The quantitative estimate of drug-likeness (QED) is 0.531. The van der Waals surface area contributed by atoms with Gasteiger partial charge < -0.3 is 15.0 Å². The summed E-state index contributed by atoms with van der Waals surface area (Å²) < 4.78 is 5.37. The first-order valence-corrected chi connectivity index (χ1v) is 8.64. The maximum absolute atomic E-state index is 5.37. The first kappa shape index (κ1) is 16.2. The highest BCUT2D eigenvalue weighted by Crippen LogP contribution is 2.34. The molecule has 1 atom stereocenters. The number of pyridine rings is 1. The normalized spacial score (nSPS) is 12.1. The SMILES string of the molecule is COc1cccc(N[C@@H](c2ccncc2)c2c(C)[nH]c3ccccc23)c1. The summed E-state index contributed by atoms with van der Waals surface area (Å²) in [5.74, 6) is 0.833. The summed E-state index contributed by atoms with van der Waals surface area (Å²) in [5, 5.41) is 4.90. The lowest BCUT2D eigenvalue weighted by molar-refractivity contribution is 0.415. The van der Waals surface area contributed by atoms with E-state index < -0.39 is 0 Å². The van der Waals surface area contributed by atoms with E-state index in [9.17, 15) is 0 Å². The van der Waals surface area contributed by atoms with Gasteiger partial charge in [0.1, 0.15) is 5.75 Å². The highest BCUT2D eigenvalue weighted by molar-refractivity contribution is 5.86. The molecule has 0 amide bonds. The molecule has 4 aromatic rings. The second-order valence-corrected chi connectivity index (χ2v) is 6.30. The number of anilines is 1. The second-order valence-electron chi connectivity index (χ2n) is 6.30. The van der Waals surface area contributed by atoms with Crippen molar-refractivity contribution in [3.63, 3.8) is 0 Å². The van der Waals surface area contributed by atoms with Gasteiger partial charge in [-0.3, -0.25) is 4.98 Å². The lowest BCUT2D eigenvalue weighted by Gasteiger charge is -2.22. The molecule has 2 aromatic heterocycles. The monoisotopic (exact) mass is 343 g/mol. The molecule has 0 aliphatic rings. The summed E-state index contributed by atoms with van der Waals surface area (Å²) in [4.78, 5) is 7.68. The van der Waals surface area contributed by atoms with E-state index in [-0.39, 0.29) is 6.04 Å². The fourth-order valence-corrected chi connectivity index (χ4v) is 3.43. The second kappa shape index (κ2) is 6.92. The third-order valence-electron chi connectivity index (χ3n) is 4.65. The van der Waals surface area contributed by atoms with Crippen molar-refractivity contribution in [1.29, 1.82) is 0 Å². The van der Waals surface area contributed by atoms with E-state index >= 15 is 0 Å². The Balaban J connectivity index is 1.84. The van der Waals surface area contributed by atoms with Crippen molar-refractivity contribution in [2.75, 3.05) is 12.4 Å². The Morgan fingerprint density at radius 1 is 1.00 bits per heavy atom. The fraction of sp³-hybridized carbons (Fsp3) is 0.136. The number of aromatic amines is 1. The van der Waals surface area contributed by atoms with E-state index in [0.717, 1.165) is 28.2 Å². The molecular weight excluding hydrogens is 322 g/mol. The zero-order chi connectivity index (χ0) is 17.9. The third-order valence-corrected chi connectivity index (χ3v) is 4.65. The third kappa shape index (κ3) is 3.02. The van der Waals surface area contributed by atoms with E-state index in [1.807, 2.05) is 30.6 Å². The van der Waals surface area contributed by atoms with Gasteiger partial charge >= 0.3 is 0 Å². The number of ether oxygens (including phenoxy) is 1. The van der Waals surface area contributed by atoms with Crippen molar-refractivity contribution in [2.45, 2.75) is 13.0 Å². The minimum atomic E-state index is 0.00116. The van der Waals surface area contributed by atoms with Gasteiger partial charge in [0.25, 0.3) is 0 Å². The minimum absolute atomic E-state index is 0.00116. The molecule has 26 heavy (non-hydrogen) atoms. The van der Waals surface area contributed by atoms with Crippen LogP contribution in [0.1, 0.15) is 22.9 Å². The summed E-state index contributed by atoms with van der Waals surface area (Å²) in [5.41, 5.74) is 5.72. The van der Waals surface area contributed by atoms with Crippen molar-refractivity contribution in [2.24, 2.45) is 0 Å². The average Bonchev–Trinajstić information content (AvgIpc) is 3.02. The Hall–Kier alpha value is -3.27. The van der Waals surface area contributed by atoms with Gasteiger partial charge in [-0.15, -0.1) is 0 Å². The van der Waals surface area contributed by atoms with Gasteiger partial charge in [0.2, 0.25) is 0 Å². The molecule has 0 spiro atoms. The van der Waals surface area contributed by atoms with Gasteiger partial charge in [-0.25, -0.2) is 0 Å². The molecule has 4 rings (SSSR count). The van der Waals surface area contributed by atoms with Gasteiger partial charge in [0, 0.05) is 46.3 Å². The molecule has 0 saturated carbocycles. The van der Waals surface area contributed by atoms with Gasteiger partial charge in [0.05, 0.1) is 13.2 Å². The predicted molar refractivity (Wildman–Crippen MR) is 106 cm³/mol. The number of H-pyrrole nitrogens is 1. The Bertz CT molecular complexity index is 1020. The molecule has 2 heterocycles. The van der Waals surface area contributed by atoms with Gasteiger partial charge in [-0.1, -0.05) is 24.3 Å². The molecule has 0 fully saturated rings. The molecule has 4 heteroatoms. The molecule has 0 aliphatic carbocycles. The number of hydrogen-bond acceptors (Lipinski definition) is 3. The molecule has 0 aliphatic heterocycles. The number of para-hydroxylation sites is 1. The number of rotatable bonds is 5. The lowest BCUT2D eigenvalue weighted by Crippen LogP contribution is -2.13. The van der Waals surface area contributed by atoms with E-state index in [4.69, 9.17) is 4.74 Å². The van der Waals surface area contributed by atoms with Crippen LogP contribution in [0, 0.1) is 6.92 Å². The van der Waals surface area contributed by atoms with Crippen LogP contribution in [0.4, 0.5) is 5.69 Å². The maximum Gasteiger partial charge on any atom is 0.120 e. The van der Waals surface area contributed by atoms with Crippen LogP contribution in [0.25, 0.3) is 10.9 Å². The molecule has 4 nitrogen and oxygen atoms in total. The van der Waals surface area contributed by atoms with Gasteiger partial charge in [-0.05, 0) is 42.8 Å². The number of aromatic nitrogens is 2. The molecule has 2 aromatic carbocycles. The van der Waals surface area contributed by atoms with Crippen LogP contribution in [-0.2, 0) is 0 Å². The van der Waals surface area contributed by atoms with E-state index in [1.54, 1.807) is 7.11 Å². The number of nitrogens with one attached hydrogen (secondary N) is 2. The number of benzene rings is 2. The first-order chi connectivity index (χ1) is 12.8. The fourth-order valence-electron chi connectivity index (χ4n) is 3.43. The molecule has 0 bridgehead atoms. The lowest BCUT2D eigenvalue weighted by atomic mass is 9.96. The Kier molecular flexibility index (Phi) is 4.32. The van der Waals surface area contributed by atoms with Crippen LogP contribution < -0.4 is 10.1 Å². The first-order valence-electron chi connectivity index (χ1n) is 8.64. The van der Waals surface area contributed by atoms with Gasteiger partial charge in [-0.2, -0.15) is 0 Å². The van der Waals surface area contributed by atoms with Crippen molar-refractivity contribution in [3.8, 4) is 5.75 Å². The maximum atomic E-state index is 5.37. The highest BCUT2D eigenvalue weighted by atomic mass is 16.5. The standard InChI is InChI=1S/C22H21N3O/c1-15-21(19-8-3-4-9-20(19)24-15)22(16-10-12-23-13-11-16)25-17-6-5-7-18(14-17)26-2/h3-14,22,24-25H,1-2H3/t22-/m0/s1.